The first-order chi connectivity index (χ1) is 16.0. The van der Waals surface area contributed by atoms with E-state index in [1.165, 1.54) is 16.7 Å². The second-order valence-corrected chi connectivity index (χ2v) is 8.61. The Bertz CT molecular complexity index is 1290. The Labute approximate surface area is 194 Å². The molecule has 0 heterocycles. The predicted octanol–water partition coefficient (Wildman–Crippen LogP) is 4.36. The molecule has 2 aromatic carbocycles. The summed E-state index contributed by atoms with van der Waals surface area (Å²) in [6, 6.07) is 16.0. The van der Waals surface area contributed by atoms with E-state index in [0.717, 1.165) is 47.1 Å². The molecule has 2 aromatic rings. The van der Waals surface area contributed by atoms with Crippen LogP contribution in [0.1, 0.15) is 48.5 Å². The van der Waals surface area contributed by atoms with Crippen LogP contribution < -0.4 is 10.4 Å². The smallest absolute Gasteiger partial charge is 0.165 e. The molecule has 0 aliphatic heterocycles. The molecule has 0 N–H and O–H groups in total. The van der Waals surface area contributed by atoms with E-state index in [9.17, 15) is 9.59 Å². The van der Waals surface area contributed by atoms with Gasteiger partial charge in [0.05, 0.1) is 5.57 Å². The maximum Gasteiger partial charge on any atom is 0.165 e. The lowest BCUT2D eigenvalue weighted by molar-refractivity contribution is -0.105. The number of ketones is 1. The van der Waals surface area contributed by atoms with Crippen molar-refractivity contribution >= 4 is 29.0 Å². The molecule has 168 valence electrons. The van der Waals surface area contributed by atoms with Crippen molar-refractivity contribution in [3.63, 3.8) is 0 Å². The molecule has 4 heteroatoms. The van der Waals surface area contributed by atoms with E-state index in [1.54, 1.807) is 12.0 Å². The van der Waals surface area contributed by atoms with E-state index >= 15 is 0 Å². The van der Waals surface area contributed by atoms with E-state index in [-0.39, 0.29) is 5.78 Å². The first-order valence-electron chi connectivity index (χ1n) is 11.3. The van der Waals surface area contributed by atoms with Crippen LogP contribution in [0.4, 0.5) is 0 Å². The fourth-order valence-electron chi connectivity index (χ4n) is 4.45. The second kappa shape index (κ2) is 9.97. The molecular formula is C29H29NO3. The number of aldehydes is 1. The first-order valence-corrected chi connectivity index (χ1v) is 11.3. The SMILES string of the molecule is CC(=O)c1ccc(C2=CC=C(C3=c4ccccc4=C(ON(C)C)C(C=O)=CC3)CCC2)cc1. The molecule has 0 bridgehead atoms. The third kappa shape index (κ3) is 4.96. The molecule has 4 nitrogen and oxygen atoms in total. The number of nitrogens with zero attached hydrogens (tertiary/aromatic N) is 1. The van der Waals surface area contributed by atoms with Gasteiger partial charge < -0.3 is 4.84 Å². The van der Waals surface area contributed by atoms with Crippen LogP contribution in [0.3, 0.4) is 0 Å². The summed E-state index contributed by atoms with van der Waals surface area (Å²) in [6.45, 7) is 1.59. The first kappa shape index (κ1) is 22.7. The Morgan fingerprint density at radius 2 is 1.61 bits per heavy atom. The molecule has 0 atom stereocenters. The number of hydrogen-bond donors (Lipinski definition) is 0. The summed E-state index contributed by atoms with van der Waals surface area (Å²) in [5.41, 5.74) is 6.25. The third-order valence-electron chi connectivity index (χ3n) is 6.11. The summed E-state index contributed by atoms with van der Waals surface area (Å²) in [6.07, 6.45) is 10.9. The van der Waals surface area contributed by atoms with Gasteiger partial charge in [-0.25, -0.2) is 0 Å². The Hall–Kier alpha value is -3.50. The van der Waals surface area contributed by atoms with Crippen LogP contribution in [0.25, 0.3) is 16.9 Å². The number of allylic oxidation sites excluding steroid dienone is 5. The molecule has 2 aliphatic carbocycles. The molecule has 33 heavy (non-hydrogen) atoms. The highest BCUT2D eigenvalue weighted by molar-refractivity contribution is 5.94. The second-order valence-electron chi connectivity index (χ2n) is 8.61. The van der Waals surface area contributed by atoms with Crippen LogP contribution in [0.15, 0.2) is 77.9 Å². The van der Waals surface area contributed by atoms with Gasteiger partial charge in [0.2, 0.25) is 0 Å². The summed E-state index contributed by atoms with van der Waals surface area (Å²) in [5, 5.41) is 3.66. The van der Waals surface area contributed by atoms with Gasteiger partial charge in [0.1, 0.15) is 0 Å². The molecule has 0 radical (unpaired) electrons. The molecule has 0 amide bonds. The number of carbonyl (C=O) groups excluding carboxylic acids is 2. The average Bonchev–Trinajstić information content (AvgIpc) is 3.14. The van der Waals surface area contributed by atoms with Crippen LogP contribution in [0.5, 0.6) is 0 Å². The maximum atomic E-state index is 11.9. The summed E-state index contributed by atoms with van der Waals surface area (Å²) < 4.78 is 0. The van der Waals surface area contributed by atoms with Crippen molar-refractivity contribution in [2.24, 2.45) is 0 Å². The number of hydrogen-bond acceptors (Lipinski definition) is 4. The summed E-state index contributed by atoms with van der Waals surface area (Å²) >= 11 is 0. The van der Waals surface area contributed by atoms with E-state index in [0.29, 0.717) is 17.8 Å². The molecule has 4 rings (SSSR count). The zero-order valence-corrected chi connectivity index (χ0v) is 19.4. The van der Waals surface area contributed by atoms with Crippen LogP contribution in [-0.4, -0.2) is 31.2 Å². The van der Waals surface area contributed by atoms with Gasteiger partial charge in [-0.2, -0.15) is 5.06 Å². The van der Waals surface area contributed by atoms with Crippen LogP contribution in [-0.2, 0) is 9.63 Å². The van der Waals surface area contributed by atoms with Gasteiger partial charge >= 0.3 is 0 Å². The van der Waals surface area contributed by atoms with Crippen LogP contribution in [0, 0.1) is 0 Å². The molecule has 2 aliphatic rings. The van der Waals surface area contributed by atoms with E-state index in [2.05, 4.69) is 18.2 Å². The monoisotopic (exact) mass is 439 g/mol. The van der Waals surface area contributed by atoms with Gasteiger partial charge in [0.25, 0.3) is 0 Å². The Kier molecular flexibility index (Phi) is 6.85. The lowest BCUT2D eigenvalue weighted by atomic mass is 9.95. The fourth-order valence-corrected chi connectivity index (χ4v) is 4.45. The van der Waals surface area contributed by atoms with Gasteiger partial charge in [-0.15, -0.1) is 0 Å². The third-order valence-corrected chi connectivity index (χ3v) is 6.11. The Morgan fingerprint density at radius 1 is 0.939 bits per heavy atom. The number of carbonyl (C=O) groups is 2. The number of hydroxylamine groups is 2. The Balaban J connectivity index is 1.81. The van der Waals surface area contributed by atoms with E-state index in [4.69, 9.17) is 4.84 Å². The van der Waals surface area contributed by atoms with Crippen LogP contribution >= 0.6 is 0 Å². The molecule has 0 saturated heterocycles. The molecule has 0 fully saturated rings. The number of rotatable bonds is 6. The zero-order valence-electron chi connectivity index (χ0n) is 19.4. The van der Waals surface area contributed by atoms with Crippen molar-refractivity contribution in [3.05, 3.63) is 99.5 Å². The van der Waals surface area contributed by atoms with Crippen molar-refractivity contribution in [3.8, 4) is 0 Å². The number of Topliss-reactive ketones (excluding diaryl/α,β-unsaturated/α-hetero) is 1. The fraction of sp³-hybridized carbons (Fsp3) is 0.241. The highest BCUT2D eigenvalue weighted by Crippen LogP contribution is 2.31. The standard InChI is InChI=1S/C29H29NO3/c1-20(32)21-11-13-23(14-12-21)22-7-6-8-24(16-15-22)26-18-17-25(19-31)29(33-30(2)3)28-10-5-4-9-27(26)28/h4-5,9-17,19H,6-8,18H2,1-3H3. The lowest BCUT2D eigenvalue weighted by Crippen LogP contribution is -2.31. The molecule has 0 unspecified atom stereocenters. The van der Waals surface area contributed by atoms with Crippen molar-refractivity contribution in [1.29, 1.82) is 0 Å². The van der Waals surface area contributed by atoms with Gasteiger partial charge in [0, 0.05) is 24.9 Å². The van der Waals surface area contributed by atoms with E-state index in [1.807, 2.05) is 62.6 Å². The summed E-state index contributed by atoms with van der Waals surface area (Å²) in [5.74, 6) is 0.677. The lowest BCUT2D eigenvalue weighted by Gasteiger charge is -2.15. The zero-order chi connectivity index (χ0) is 23.4. The largest absolute Gasteiger partial charge is 0.405 e. The van der Waals surface area contributed by atoms with E-state index < -0.39 is 0 Å². The summed E-state index contributed by atoms with van der Waals surface area (Å²) in [7, 11) is 3.63. The van der Waals surface area contributed by atoms with Crippen molar-refractivity contribution in [2.75, 3.05) is 14.1 Å². The molecule has 0 saturated carbocycles. The molecule has 0 spiro atoms. The molecule has 0 aromatic heterocycles. The van der Waals surface area contributed by atoms with Crippen LogP contribution in [0.2, 0.25) is 0 Å². The van der Waals surface area contributed by atoms with Gasteiger partial charge in [-0.1, -0.05) is 66.8 Å². The highest BCUT2D eigenvalue weighted by atomic mass is 16.7. The number of fused-ring (bicyclic) bond motifs is 1. The summed E-state index contributed by atoms with van der Waals surface area (Å²) in [4.78, 5) is 29.4. The van der Waals surface area contributed by atoms with Gasteiger partial charge in [-0.3, -0.25) is 9.59 Å². The van der Waals surface area contributed by atoms with Gasteiger partial charge in [-0.05, 0) is 60.1 Å². The average molecular weight is 440 g/mol. The maximum absolute atomic E-state index is 11.9. The minimum absolute atomic E-state index is 0.0826. The predicted molar refractivity (Wildman–Crippen MR) is 132 cm³/mol. The molecular weight excluding hydrogens is 410 g/mol. The van der Waals surface area contributed by atoms with Crippen molar-refractivity contribution in [1.82, 2.24) is 5.06 Å². The quantitative estimate of drug-likeness (QED) is 0.381. The van der Waals surface area contributed by atoms with Crippen molar-refractivity contribution in [2.45, 2.75) is 32.6 Å². The highest BCUT2D eigenvalue weighted by Gasteiger charge is 2.18. The van der Waals surface area contributed by atoms with Gasteiger partial charge in [0.15, 0.2) is 17.8 Å². The minimum atomic E-state index is 0.0826. The Morgan fingerprint density at radius 3 is 2.27 bits per heavy atom. The normalized spacial score (nSPS) is 16.2. The van der Waals surface area contributed by atoms with Crippen molar-refractivity contribution < 1.29 is 14.4 Å². The topological polar surface area (TPSA) is 46.6 Å². The number of benzene rings is 2. The minimum Gasteiger partial charge on any atom is -0.405 e.